The van der Waals surface area contributed by atoms with E-state index in [0.29, 0.717) is 11.5 Å². The van der Waals surface area contributed by atoms with Crippen LogP contribution in [0.25, 0.3) is 0 Å². The Balaban J connectivity index is 1.78. The summed E-state index contributed by atoms with van der Waals surface area (Å²) in [5.41, 5.74) is 3.58. The van der Waals surface area contributed by atoms with Crippen molar-refractivity contribution < 1.29 is 0 Å². The first-order valence-corrected chi connectivity index (χ1v) is 7.18. The predicted molar refractivity (Wildman–Crippen MR) is 75.5 cm³/mol. The SMILES string of the molecule is CC1(C)CCN(C2CNCc3ccccc32)CC1. The summed E-state index contributed by atoms with van der Waals surface area (Å²) in [5, 5.41) is 3.57. The Kier molecular flexibility index (Phi) is 3.16. The minimum atomic E-state index is 0.540. The monoisotopic (exact) mass is 244 g/mol. The van der Waals surface area contributed by atoms with Gasteiger partial charge in [-0.05, 0) is 42.5 Å². The van der Waals surface area contributed by atoms with Crippen LogP contribution < -0.4 is 5.32 Å². The zero-order valence-electron chi connectivity index (χ0n) is 11.6. The number of fused-ring (bicyclic) bond motifs is 1. The largest absolute Gasteiger partial charge is 0.311 e. The van der Waals surface area contributed by atoms with Gasteiger partial charge in [-0.1, -0.05) is 38.1 Å². The van der Waals surface area contributed by atoms with E-state index in [1.54, 1.807) is 5.56 Å². The topological polar surface area (TPSA) is 15.3 Å². The lowest BCUT2D eigenvalue weighted by molar-refractivity contribution is 0.0894. The molecule has 2 nitrogen and oxygen atoms in total. The van der Waals surface area contributed by atoms with Crippen molar-refractivity contribution in [3.63, 3.8) is 0 Å². The Morgan fingerprint density at radius 3 is 2.67 bits per heavy atom. The summed E-state index contributed by atoms with van der Waals surface area (Å²) < 4.78 is 0. The fourth-order valence-corrected chi connectivity index (χ4v) is 3.24. The van der Waals surface area contributed by atoms with Crippen LogP contribution in [0.4, 0.5) is 0 Å². The van der Waals surface area contributed by atoms with E-state index in [1.165, 1.54) is 31.5 Å². The second-order valence-electron chi connectivity index (χ2n) is 6.55. The molecule has 1 unspecified atom stereocenters. The maximum Gasteiger partial charge on any atom is 0.0476 e. The first-order valence-electron chi connectivity index (χ1n) is 7.18. The predicted octanol–water partition coefficient (Wildman–Crippen LogP) is 2.95. The van der Waals surface area contributed by atoms with Crippen molar-refractivity contribution in [1.82, 2.24) is 10.2 Å². The van der Waals surface area contributed by atoms with Gasteiger partial charge >= 0.3 is 0 Å². The van der Waals surface area contributed by atoms with Gasteiger partial charge in [0, 0.05) is 19.1 Å². The van der Waals surface area contributed by atoms with Crippen molar-refractivity contribution in [2.75, 3.05) is 19.6 Å². The maximum absolute atomic E-state index is 3.57. The molecule has 1 aromatic rings. The van der Waals surface area contributed by atoms with Crippen molar-refractivity contribution >= 4 is 0 Å². The van der Waals surface area contributed by atoms with E-state index in [4.69, 9.17) is 0 Å². The number of likely N-dealkylation sites (tertiary alicyclic amines) is 1. The average Bonchev–Trinajstić information content (AvgIpc) is 2.38. The molecule has 1 fully saturated rings. The Morgan fingerprint density at radius 2 is 1.89 bits per heavy atom. The molecule has 0 aliphatic carbocycles. The van der Waals surface area contributed by atoms with Crippen molar-refractivity contribution in [3.05, 3.63) is 35.4 Å². The Labute approximate surface area is 110 Å². The molecule has 18 heavy (non-hydrogen) atoms. The molecule has 98 valence electrons. The fraction of sp³-hybridized carbons (Fsp3) is 0.625. The third-order valence-corrected chi connectivity index (χ3v) is 4.66. The van der Waals surface area contributed by atoms with Crippen LogP contribution in [0.2, 0.25) is 0 Å². The molecule has 0 aromatic heterocycles. The third kappa shape index (κ3) is 2.32. The minimum Gasteiger partial charge on any atom is -0.311 e. The van der Waals surface area contributed by atoms with Crippen LogP contribution in [0.5, 0.6) is 0 Å². The summed E-state index contributed by atoms with van der Waals surface area (Å²) in [5.74, 6) is 0. The first-order chi connectivity index (χ1) is 8.66. The summed E-state index contributed by atoms with van der Waals surface area (Å²) in [7, 11) is 0. The van der Waals surface area contributed by atoms with E-state index >= 15 is 0 Å². The lowest BCUT2D eigenvalue weighted by Gasteiger charge is -2.43. The molecule has 0 radical (unpaired) electrons. The lowest BCUT2D eigenvalue weighted by atomic mass is 9.81. The quantitative estimate of drug-likeness (QED) is 0.817. The van der Waals surface area contributed by atoms with Gasteiger partial charge in [0.25, 0.3) is 0 Å². The molecule has 0 amide bonds. The molecular weight excluding hydrogens is 220 g/mol. The molecule has 0 spiro atoms. The van der Waals surface area contributed by atoms with E-state index in [1.807, 2.05) is 0 Å². The van der Waals surface area contributed by atoms with Gasteiger partial charge in [0.05, 0.1) is 0 Å². The third-order valence-electron chi connectivity index (χ3n) is 4.66. The van der Waals surface area contributed by atoms with Crippen LogP contribution in [0.1, 0.15) is 43.9 Å². The highest BCUT2D eigenvalue weighted by atomic mass is 15.2. The molecule has 2 heteroatoms. The van der Waals surface area contributed by atoms with Crippen LogP contribution in [0.3, 0.4) is 0 Å². The van der Waals surface area contributed by atoms with E-state index in [0.717, 1.165) is 13.1 Å². The molecule has 0 bridgehead atoms. The van der Waals surface area contributed by atoms with E-state index < -0.39 is 0 Å². The second kappa shape index (κ2) is 4.67. The van der Waals surface area contributed by atoms with Crippen LogP contribution in [-0.4, -0.2) is 24.5 Å². The minimum absolute atomic E-state index is 0.540. The number of piperidine rings is 1. The number of benzene rings is 1. The summed E-state index contributed by atoms with van der Waals surface area (Å²) >= 11 is 0. The van der Waals surface area contributed by atoms with Gasteiger partial charge in [0.15, 0.2) is 0 Å². The molecule has 1 N–H and O–H groups in total. The van der Waals surface area contributed by atoms with Crippen LogP contribution >= 0.6 is 0 Å². The average molecular weight is 244 g/mol. The summed E-state index contributed by atoms with van der Waals surface area (Å²) in [6.45, 7) is 9.43. The first kappa shape index (κ1) is 12.2. The normalized spacial score (nSPS) is 27.8. The fourth-order valence-electron chi connectivity index (χ4n) is 3.24. The summed E-state index contributed by atoms with van der Waals surface area (Å²) in [4.78, 5) is 2.68. The van der Waals surface area contributed by atoms with E-state index in [2.05, 4.69) is 48.3 Å². The van der Waals surface area contributed by atoms with Gasteiger partial charge in [-0.2, -0.15) is 0 Å². The zero-order chi connectivity index (χ0) is 12.6. The van der Waals surface area contributed by atoms with Gasteiger partial charge < -0.3 is 5.32 Å². The van der Waals surface area contributed by atoms with Gasteiger partial charge in [-0.15, -0.1) is 0 Å². The summed E-state index contributed by atoms with van der Waals surface area (Å²) in [6.07, 6.45) is 2.65. The molecule has 1 atom stereocenters. The molecule has 3 rings (SSSR count). The number of rotatable bonds is 1. The summed E-state index contributed by atoms with van der Waals surface area (Å²) in [6, 6.07) is 9.52. The smallest absolute Gasteiger partial charge is 0.0476 e. The highest BCUT2D eigenvalue weighted by Crippen LogP contribution is 2.35. The molecular formula is C16H24N2. The van der Waals surface area contributed by atoms with Crippen molar-refractivity contribution in [2.24, 2.45) is 5.41 Å². The van der Waals surface area contributed by atoms with Crippen LogP contribution in [-0.2, 0) is 6.54 Å². The standard InChI is InChI=1S/C16H24N2/c1-16(2)7-9-18(10-8-16)15-12-17-11-13-5-3-4-6-14(13)15/h3-6,15,17H,7-12H2,1-2H3. The number of nitrogens with zero attached hydrogens (tertiary/aromatic N) is 1. The highest BCUT2D eigenvalue weighted by Gasteiger charge is 2.31. The number of hydrogen-bond donors (Lipinski definition) is 1. The second-order valence-corrected chi connectivity index (χ2v) is 6.55. The van der Waals surface area contributed by atoms with E-state index in [9.17, 15) is 0 Å². The Hall–Kier alpha value is -0.860. The van der Waals surface area contributed by atoms with Crippen molar-refractivity contribution in [2.45, 2.75) is 39.3 Å². The van der Waals surface area contributed by atoms with E-state index in [-0.39, 0.29) is 0 Å². The number of nitrogens with one attached hydrogen (secondary N) is 1. The van der Waals surface area contributed by atoms with Crippen molar-refractivity contribution in [3.8, 4) is 0 Å². The van der Waals surface area contributed by atoms with Gasteiger partial charge in [0.1, 0.15) is 0 Å². The molecule has 1 aromatic carbocycles. The van der Waals surface area contributed by atoms with Gasteiger partial charge in [0.2, 0.25) is 0 Å². The molecule has 2 aliphatic rings. The van der Waals surface area contributed by atoms with Gasteiger partial charge in [-0.3, -0.25) is 4.90 Å². The molecule has 0 saturated carbocycles. The van der Waals surface area contributed by atoms with Gasteiger partial charge in [-0.25, -0.2) is 0 Å². The Morgan fingerprint density at radius 1 is 1.17 bits per heavy atom. The molecule has 2 heterocycles. The highest BCUT2D eigenvalue weighted by molar-refractivity contribution is 5.32. The molecule has 2 aliphatic heterocycles. The van der Waals surface area contributed by atoms with Crippen LogP contribution in [0, 0.1) is 5.41 Å². The van der Waals surface area contributed by atoms with Crippen LogP contribution in [0.15, 0.2) is 24.3 Å². The molecule has 1 saturated heterocycles. The number of hydrogen-bond acceptors (Lipinski definition) is 2. The Bertz CT molecular complexity index is 415. The maximum atomic E-state index is 3.57. The zero-order valence-corrected chi connectivity index (χ0v) is 11.6. The lowest BCUT2D eigenvalue weighted by Crippen LogP contribution is -2.45. The van der Waals surface area contributed by atoms with Crippen molar-refractivity contribution in [1.29, 1.82) is 0 Å².